The first-order valence-electron chi connectivity index (χ1n) is 7.18. The molecule has 2 heterocycles. The molecule has 120 valence electrons. The van der Waals surface area contributed by atoms with Crippen LogP contribution >= 0.6 is 0 Å². The van der Waals surface area contributed by atoms with E-state index in [1.807, 2.05) is 4.90 Å². The first kappa shape index (κ1) is 15.3. The average Bonchev–Trinajstić information content (AvgIpc) is 2.49. The van der Waals surface area contributed by atoms with E-state index < -0.39 is 10.7 Å². The summed E-state index contributed by atoms with van der Waals surface area (Å²) in [5.74, 6) is 0.0873. The number of nitro groups is 1. The maximum Gasteiger partial charge on any atom is 0.269 e. The number of benzene rings is 1. The van der Waals surface area contributed by atoms with Crippen LogP contribution in [0.1, 0.15) is 22.6 Å². The van der Waals surface area contributed by atoms with Crippen molar-refractivity contribution in [2.75, 3.05) is 6.54 Å². The number of fused-ring (bicyclic) bond motifs is 1. The summed E-state index contributed by atoms with van der Waals surface area (Å²) < 4.78 is 13.9. The van der Waals surface area contributed by atoms with E-state index in [0.29, 0.717) is 30.9 Å². The lowest BCUT2D eigenvalue weighted by Gasteiger charge is -2.27. The van der Waals surface area contributed by atoms with E-state index >= 15 is 0 Å². The van der Waals surface area contributed by atoms with Gasteiger partial charge < -0.3 is 4.98 Å². The second kappa shape index (κ2) is 5.88. The van der Waals surface area contributed by atoms with Crippen molar-refractivity contribution in [2.24, 2.45) is 0 Å². The normalized spacial score (nSPS) is 14.5. The van der Waals surface area contributed by atoms with Gasteiger partial charge in [0.05, 0.1) is 16.2 Å². The Morgan fingerprint density at radius 2 is 2.26 bits per heavy atom. The van der Waals surface area contributed by atoms with Crippen molar-refractivity contribution < 1.29 is 9.31 Å². The van der Waals surface area contributed by atoms with E-state index in [2.05, 4.69) is 9.97 Å². The number of hydrogen-bond donors (Lipinski definition) is 1. The molecule has 0 atom stereocenters. The lowest BCUT2D eigenvalue weighted by molar-refractivity contribution is -0.385. The first-order chi connectivity index (χ1) is 10.9. The molecule has 8 heteroatoms. The zero-order chi connectivity index (χ0) is 16.6. The Hall–Kier alpha value is -2.61. The van der Waals surface area contributed by atoms with Crippen LogP contribution in [-0.4, -0.2) is 26.3 Å². The van der Waals surface area contributed by atoms with Crippen LogP contribution in [-0.2, 0) is 19.5 Å². The lowest BCUT2D eigenvalue weighted by Crippen LogP contribution is -2.35. The quantitative estimate of drug-likeness (QED) is 0.686. The van der Waals surface area contributed by atoms with E-state index in [0.717, 1.165) is 17.8 Å². The van der Waals surface area contributed by atoms with Crippen molar-refractivity contribution in [3.63, 3.8) is 0 Å². The number of aryl methyl sites for hydroxylation is 1. The van der Waals surface area contributed by atoms with Crippen molar-refractivity contribution in [3.05, 3.63) is 67.1 Å². The molecule has 1 N–H and O–H groups in total. The molecule has 23 heavy (non-hydrogen) atoms. The molecule has 0 spiro atoms. The third-order valence-electron chi connectivity index (χ3n) is 3.90. The molecule has 3 rings (SSSR count). The summed E-state index contributed by atoms with van der Waals surface area (Å²) in [5.41, 5.74) is 1.26. The van der Waals surface area contributed by atoms with Gasteiger partial charge in [-0.1, -0.05) is 0 Å². The van der Waals surface area contributed by atoms with Crippen molar-refractivity contribution in [1.29, 1.82) is 0 Å². The van der Waals surface area contributed by atoms with Crippen molar-refractivity contribution in [2.45, 2.75) is 26.4 Å². The van der Waals surface area contributed by atoms with E-state index in [1.165, 1.54) is 6.07 Å². The highest BCUT2D eigenvalue weighted by molar-refractivity contribution is 5.35. The zero-order valence-electron chi connectivity index (χ0n) is 12.5. The predicted molar refractivity (Wildman–Crippen MR) is 80.5 cm³/mol. The standard InChI is InChI=1S/C15H15FN4O3/c1-9-17-14-4-5-19(8-12(14)15(21)18-9)7-10-6-11(20(22)23)2-3-13(10)16/h2-3,6H,4-5,7-8H2,1H3,(H,17,18,21). The Morgan fingerprint density at radius 3 is 3.00 bits per heavy atom. The summed E-state index contributed by atoms with van der Waals surface area (Å²) in [6.07, 6.45) is 0.594. The number of hydrogen-bond acceptors (Lipinski definition) is 5. The van der Waals surface area contributed by atoms with Crippen LogP contribution in [0.3, 0.4) is 0 Å². The molecule has 2 aromatic rings. The molecule has 0 radical (unpaired) electrons. The highest BCUT2D eigenvalue weighted by Crippen LogP contribution is 2.21. The Kier molecular flexibility index (Phi) is 3.91. The first-order valence-corrected chi connectivity index (χ1v) is 7.18. The van der Waals surface area contributed by atoms with Crippen LogP contribution in [0.25, 0.3) is 0 Å². The number of rotatable bonds is 3. The van der Waals surface area contributed by atoms with Gasteiger partial charge in [-0.15, -0.1) is 0 Å². The van der Waals surface area contributed by atoms with Gasteiger partial charge in [-0.05, 0) is 13.0 Å². The van der Waals surface area contributed by atoms with Crippen LogP contribution in [0.4, 0.5) is 10.1 Å². The van der Waals surface area contributed by atoms with E-state index in [1.54, 1.807) is 6.92 Å². The number of nitro benzene ring substituents is 1. The summed E-state index contributed by atoms with van der Waals surface area (Å²) in [5, 5.41) is 10.8. The minimum Gasteiger partial charge on any atom is -0.310 e. The van der Waals surface area contributed by atoms with Gasteiger partial charge in [0.1, 0.15) is 11.6 Å². The maximum absolute atomic E-state index is 13.9. The SMILES string of the molecule is Cc1nc2c(c(=O)[nH]1)CN(Cc1cc([N+](=O)[O-])ccc1F)CC2. The third-order valence-corrected chi connectivity index (χ3v) is 3.90. The summed E-state index contributed by atoms with van der Waals surface area (Å²) in [6.45, 7) is 2.90. The zero-order valence-corrected chi connectivity index (χ0v) is 12.5. The molecular formula is C15H15FN4O3. The summed E-state index contributed by atoms with van der Waals surface area (Å²) in [6, 6.07) is 3.48. The fourth-order valence-corrected chi connectivity index (χ4v) is 2.78. The molecule has 0 amide bonds. The van der Waals surface area contributed by atoms with Gasteiger partial charge in [-0.3, -0.25) is 19.8 Å². The van der Waals surface area contributed by atoms with Gasteiger partial charge in [0.25, 0.3) is 11.2 Å². The van der Waals surface area contributed by atoms with Gasteiger partial charge in [-0.25, -0.2) is 9.37 Å². The van der Waals surface area contributed by atoms with Crippen LogP contribution in [0.2, 0.25) is 0 Å². The summed E-state index contributed by atoms with van der Waals surface area (Å²) >= 11 is 0. The number of nitrogens with zero attached hydrogens (tertiary/aromatic N) is 3. The maximum atomic E-state index is 13.9. The molecule has 0 aliphatic carbocycles. The Balaban J connectivity index is 1.84. The highest BCUT2D eigenvalue weighted by Gasteiger charge is 2.22. The number of non-ortho nitro benzene ring substituents is 1. The molecule has 1 aliphatic heterocycles. The smallest absolute Gasteiger partial charge is 0.269 e. The molecular weight excluding hydrogens is 303 g/mol. The molecule has 0 bridgehead atoms. The monoisotopic (exact) mass is 318 g/mol. The molecule has 0 saturated heterocycles. The number of aromatic nitrogens is 2. The Morgan fingerprint density at radius 1 is 1.48 bits per heavy atom. The number of halogens is 1. The molecule has 0 unspecified atom stereocenters. The van der Waals surface area contributed by atoms with Crippen LogP contribution in [0, 0.1) is 22.9 Å². The predicted octanol–water partition coefficient (Wildman–Crippen LogP) is 1.68. The van der Waals surface area contributed by atoms with Gasteiger partial charge in [-0.2, -0.15) is 0 Å². The van der Waals surface area contributed by atoms with E-state index in [9.17, 15) is 19.3 Å². The van der Waals surface area contributed by atoms with Gasteiger partial charge >= 0.3 is 0 Å². The highest BCUT2D eigenvalue weighted by atomic mass is 19.1. The van der Waals surface area contributed by atoms with Gasteiger partial charge in [0.15, 0.2) is 0 Å². The average molecular weight is 318 g/mol. The molecule has 1 aromatic heterocycles. The number of aromatic amines is 1. The largest absolute Gasteiger partial charge is 0.310 e. The minimum absolute atomic E-state index is 0.144. The lowest BCUT2D eigenvalue weighted by atomic mass is 10.1. The van der Waals surface area contributed by atoms with Gasteiger partial charge in [0, 0.05) is 43.8 Å². The molecule has 1 aromatic carbocycles. The van der Waals surface area contributed by atoms with Gasteiger partial charge in [0.2, 0.25) is 0 Å². The van der Waals surface area contributed by atoms with Crippen LogP contribution in [0.5, 0.6) is 0 Å². The van der Waals surface area contributed by atoms with Crippen molar-refractivity contribution in [3.8, 4) is 0 Å². The summed E-state index contributed by atoms with van der Waals surface area (Å²) in [4.78, 5) is 31.1. The van der Waals surface area contributed by atoms with Crippen LogP contribution < -0.4 is 5.56 Å². The second-order valence-electron chi connectivity index (χ2n) is 5.57. The topological polar surface area (TPSA) is 92.1 Å². The fraction of sp³-hybridized carbons (Fsp3) is 0.333. The number of H-pyrrole nitrogens is 1. The van der Waals surface area contributed by atoms with E-state index in [4.69, 9.17) is 0 Å². The molecule has 0 fully saturated rings. The second-order valence-corrected chi connectivity index (χ2v) is 5.57. The molecule has 0 saturated carbocycles. The van der Waals surface area contributed by atoms with Crippen molar-refractivity contribution >= 4 is 5.69 Å². The van der Waals surface area contributed by atoms with E-state index in [-0.39, 0.29) is 23.4 Å². The number of nitrogens with one attached hydrogen (secondary N) is 1. The van der Waals surface area contributed by atoms with Crippen LogP contribution in [0.15, 0.2) is 23.0 Å². The molecule has 7 nitrogen and oxygen atoms in total. The van der Waals surface area contributed by atoms with Crippen molar-refractivity contribution in [1.82, 2.24) is 14.9 Å². The Bertz CT molecular complexity index is 834. The molecule has 1 aliphatic rings. The third kappa shape index (κ3) is 3.11. The fourth-order valence-electron chi connectivity index (χ4n) is 2.78. The summed E-state index contributed by atoms with van der Waals surface area (Å²) in [7, 11) is 0. The minimum atomic E-state index is -0.550. The Labute approximate surface area is 130 Å².